The van der Waals surface area contributed by atoms with Crippen molar-refractivity contribution in [2.75, 3.05) is 31.8 Å². The van der Waals surface area contributed by atoms with E-state index < -0.39 is 0 Å². The molecular formula is C26H29ClN6O2. The Kier molecular flexibility index (Phi) is 8.83. The maximum absolute atomic E-state index is 12.4. The number of anilines is 4. The summed E-state index contributed by atoms with van der Waals surface area (Å²) in [6, 6.07) is 15.1. The van der Waals surface area contributed by atoms with E-state index in [1.165, 1.54) is 6.08 Å². The predicted octanol–water partition coefficient (Wildman–Crippen LogP) is 4.45. The molecule has 0 atom stereocenters. The lowest BCUT2D eigenvalue weighted by atomic mass is 10.1. The van der Waals surface area contributed by atoms with E-state index >= 15 is 0 Å². The Morgan fingerprint density at radius 3 is 2.57 bits per heavy atom. The van der Waals surface area contributed by atoms with Gasteiger partial charge in [0, 0.05) is 31.9 Å². The molecule has 3 rings (SSSR count). The Bertz CT molecular complexity index is 1230. The van der Waals surface area contributed by atoms with Gasteiger partial charge in [0.05, 0.1) is 28.2 Å². The molecule has 0 unspecified atom stereocenters. The summed E-state index contributed by atoms with van der Waals surface area (Å²) in [5.41, 5.74) is 4.52. The molecular weight excluding hydrogens is 464 g/mol. The van der Waals surface area contributed by atoms with E-state index in [1.54, 1.807) is 25.4 Å². The Labute approximate surface area is 210 Å². The lowest BCUT2D eigenvalue weighted by Gasteiger charge is -2.17. The SMILES string of the molecule is C=CC(=O)NCc1cccc(Nc2cc(Nc3cc(CN(C)C)ccc3C(=O)NC)c(Cl)cn2)c1. The standard InChI is InChI=1S/C26H29ClN6O2/c1-5-25(34)30-14-17-7-6-8-19(11-17)31-24-13-23(21(27)15-29-24)32-22-12-18(16-33(3)4)9-10-20(22)26(35)28-2/h5-13,15H,1,14,16H2,2-4H3,(H,28,35)(H,30,34)(H2,29,31,32). The Morgan fingerprint density at radius 1 is 1.06 bits per heavy atom. The van der Waals surface area contributed by atoms with Crippen LogP contribution in [-0.4, -0.2) is 42.8 Å². The van der Waals surface area contributed by atoms with Crippen LogP contribution in [0.5, 0.6) is 0 Å². The van der Waals surface area contributed by atoms with E-state index in [4.69, 9.17) is 11.6 Å². The van der Waals surface area contributed by atoms with Gasteiger partial charge in [-0.3, -0.25) is 9.59 Å². The zero-order valence-electron chi connectivity index (χ0n) is 20.0. The first-order valence-corrected chi connectivity index (χ1v) is 11.4. The van der Waals surface area contributed by atoms with Gasteiger partial charge in [-0.2, -0.15) is 0 Å². The summed E-state index contributed by atoms with van der Waals surface area (Å²) in [7, 11) is 5.57. The van der Waals surface area contributed by atoms with Crippen LogP contribution in [0.1, 0.15) is 21.5 Å². The molecule has 35 heavy (non-hydrogen) atoms. The van der Waals surface area contributed by atoms with Gasteiger partial charge in [-0.15, -0.1) is 0 Å². The lowest BCUT2D eigenvalue weighted by Crippen LogP contribution is -2.20. The molecule has 0 fully saturated rings. The largest absolute Gasteiger partial charge is 0.355 e. The molecule has 1 heterocycles. The van der Waals surface area contributed by atoms with Crippen LogP contribution in [0.2, 0.25) is 5.02 Å². The van der Waals surface area contributed by atoms with Crippen molar-refractivity contribution in [3.8, 4) is 0 Å². The third-order valence-corrected chi connectivity index (χ3v) is 5.33. The maximum atomic E-state index is 12.4. The Balaban J connectivity index is 1.85. The van der Waals surface area contributed by atoms with Crippen molar-refractivity contribution in [1.29, 1.82) is 0 Å². The second kappa shape index (κ2) is 12.0. The van der Waals surface area contributed by atoms with Gasteiger partial charge in [0.1, 0.15) is 5.82 Å². The Morgan fingerprint density at radius 2 is 1.86 bits per heavy atom. The number of hydrogen-bond donors (Lipinski definition) is 4. The van der Waals surface area contributed by atoms with Gasteiger partial charge in [-0.25, -0.2) is 4.98 Å². The molecule has 0 saturated heterocycles. The highest BCUT2D eigenvalue weighted by Gasteiger charge is 2.14. The summed E-state index contributed by atoms with van der Waals surface area (Å²) in [5, 5.41) is 12.4. The fourth-order valence-electron chi connectivity index (χ4n) is 3.41. The maximum Gasteiger partial charge on any atom is 0.253 e. The van der Waals surface area contributed by atoms with Crippen molar-refractivity contribution >= 4 is 46.3 Å². The molecule has 182 valence electrons. The molecule has 0 saturated carbocycles. The van der Waals surface area contributed by atoms with Gasteiger partial charge in [0.2, 0.25) is 5.91 Å². The second-order valence-corrected chi connectivity index (χ2v) is 8.53. The van der Waals surface area contributed by atoms with E-state index in [-0.39, 0.29) is 11.8 Å². The Hall–Kier alpha value is -3.88. The summed E-state index contributed by atoms with van der Waals surface area (Å²) < 4.78 is 0. The van der Waals surface area contributed by atoms with Crippen molar-refractivity contribution in [2.45, 2.75) is 13.1 Å². The van der Waals surface area contributed by atoms with Gasteiger partial charge < -0.3 is 26.2 Å². The van der Waals surface area contributed by atoms with E-state index in [9.17, 15) is 9.59 Å². The van der Waals surface area contributed by atoms with Crippen LogP contribution in [0.25, 0.3) is 0 Å². The number of nitrogens with one attached hydrogen (secondary N) is 4. The molecule has 0 bridgehead atoms. The molecule has 8 nitrogen and oxygen atoms in total. The molecule has 3 aromatic rings. The highest BCUT2D eigenvalue weighted by molar-refractivity contribution is 6.33. The highest BCUT2D eigenvalue weighted by Crippen LogP contribution is 2.30. The quantitative estimate of drug-likeness (QED) is 0.312. The number of carbonyl (C=O) groups excluding carboxylic acids is 2. The number of rotatable bonds is 10. The molecule has 1 aromatic heterocycles. The van der Waals surface area contributed by atoms with Gasteiger partial charge in [-0.1, -0.05) is 36.4 Å². The number of nitrogens with zero attached hydrogens (tertiary/aromatic N) is 2. The number of amides is 2. The number of carbonyl (C=O) groups is 2. The van der Waals surface area contributed by atoms with Crippen LogP contribution in [0.4, 0.5) is 22.9 Å². The summed E-state index contributed by atoms with van der Waals surface area (Å²) in [6.45, 7) is 4.56. The number of halogens is 1. The topological polar surface area (TPSA) is 98.4 Å². The van der Waals surface area contributed by atoms with Crippen LogP contribution in [0, 0.1) is 0 Å². The molecule has 0 aliphatic heterocycles. The average molecular weight is 493 g/mol. The first-order valence-electron chi connectivity index (χ1n) is 11.0. The summed E-state index contributed by atoms with van der Waals surface area (Å²) in [5.74, 6) is 0.132. The number of pyridine rings is 1. The highest BCUT2D eigenvalue weighted by atomic mass is 35.5. The number of aromatic nitrogens is 1. The molecule has 0 radical (unpaired) electrons. The molecule has 9 heteroatoms. The zero-order chi connectivity index (χ0) is 25.4. The number of hydrogen-bond acceptors (Lipinski definition) is 6. The van der Waals surface area contributed by atoms with Crippen molar-refractivity contribution in [3.63, 3.8) is 0 Å². The minimum atomic E-state index is -0.232. The molecule has 4 N–H and O–H groups in total. The van der Waals surface area contributed by atoms with Crippen molar-refractivity contribution in [2.24, 2.45) is 0 Å². The van der Waals surface area contributed by atoms with Crippen LogP contribution in [-0.2, 0) is 17.9 Å². The molecule has 2 aromatic carbocycles. The van der Waals surface area contributed by atoms with Crippen LogP contribution < -0.4 is 21.3 Å². The molecule has 0 spiro atoms. The van der Waals surface area contributed by atoms with E-state index in [2.05, 4.69) is 37.7 Å². The summed E-state index contributed by atoms with van der Waals surface area (Å²) in [6.07, 6.45) is 2.78. The van der Waals surface area contributed by atoms with E-state index in [0.29, 0.717) is 34.3 Å². The average Bonchev–Trinajstić information content (AvgIpc) is 2.84. The lowest BCUT2D eigenvalue weighted by molar-refractivity contribution is -0.116. The van der Waals surface area contributed by atoms with Crippen LogP contribution in [0.15, 0.2) is 67.4 Å². The third kappa shape index (κ3) is 7.30. The van der Waals surface area contributed by atoms with Crippen LogP contribution in [0.3, 0.4) is 0 Å². The zero-order valence-corrected chi connectivity index (χ0v) is 20.7. The first kappa shape index (κ1) is 25.7. The van der Waals surface area contributed by atoms with Gasteiger partial charge >= 0.3 is 0 Å². The second-order valence-electron chi connectivity index (χ2n) is 8.12. The summed E-state index contributed by atoms with van der Waals surface area (Å²) in [4.78, 5) is 30.3. The monoisotopic (exact) mass is 492 g/mol. The van der Waals surface area contributed by atoms with Crippen molar-refractivity contribution in [3.05, 3.63) is 89.1 Å². The normalized spacial score (nSPS) is 10.5. The fourth-order valence-corrected chi connectivity index (χ4v) is 3.56. The molecule has 2 amide bonds. The van der Waals surface area contributed by atoms with Gasteiger partial charge in [0.25, 0.3) is 5.91 Å². The predicted molar refractivity (Wildman–Crippen MR) is 142 cm³/mol. The smallest absolute Gasteiger partial charge is 0.253 e. The van der Waals surface area contributed by atoms with Gasteiger partial charge in [-0.05, 0) is 55.6 Å². The van der Waals surface area contributed by atoms with E-state index in [0.717, 1.165) is 23.4 Å². The molecule has 0 aliphatic rings. The minimum absolute atomic E-state index is 0.201. The van der Waals surface area contributed by atoms with Gasteiger partial charge in [0.15, 0.2) is 0 Å². The van der Waals surface area contributed by atoms with Crippen molar-refractivity contribution < 1.29 is 9.59 Å². The van der Waals surface area contributed by atoms with Crippen LogP contribution >= 0.6 is 11.6 Å². The minimum Gasteiger partial charge on any atom is -0.355 e. The first-order chi connectivity index (χ1) is 16.8. The number of benzene rings is 2. The van der Waals surface area contributed by atoms with E-state index in [1.807, 2.05) is 50.5 Å². The third-order valence-electron chi connectivity index (χ3n) is 5.03. The van der Waals surface area contributed by atoms with Crippen molar-refractivity contribution in [1.82, 2.24) is 20.5 Å². The summed E-state index contributed by atoms with van der Waals surface area (Å²) >= 11 is 6.44. The fraction of sp³-hybridized carbons (Fsp3) is 0.192. The molecule has 0 aliphatic carbocycles.